The van der Waals surface area contributed by atoms with E-state index in [0.29, 0.717) is 0 Å². The van der Waals surface area contributed by atoms with Crippen LogP contribution in [-0.4, -0.2) is 22.3 Å². The van der Waals surface area contributed by atoms with Gasteiger partial charge >= 0.3 is 19.8 Å². The van der Waals surface area contributed by atoms with Crippen LogP contribution in [0.4, 0.5) is 22.0 Å². The third-order valence-corrected chi connectivity index (χ3v) is 1.25. The molecule has 0 unspecified atom stereocenters. The van der Waals surface area contributed by atoms with Crippen molar-refractivity contribution in [2.45, 2.75) is 6.18 Å². The Kier molecular flexibility index (Phi) is 4.04. The summed E-state index contributed by atoms with van der Waals surface area (Å²) in [5.41, 5.74) is 0. The van der Waals surface area contributed by atoms with Crippen LogP contribution in [0.1, 0.15) is 0 Å². The van der Waals surface area contributed by atoms with E-state index in [4.69, 9.17) is 9.79 Å². The van der Waals surface area contributed by atoms with Crippen LogP contribution in [0.2, 0.25) is 0 Å². The van der Waals surface area contributed by atoms with Crippen LogP contribution in [0.5, 0.6) is 0 Å². The second-order valence-corrected chi connectivity index (χ2v) is 3.61. The summed E-state index contributed by atoms with van der Waals surface area (Å²) in [6, 6.07) is -2.71. The predicted octanol–water partition coefficient (Wildman–Crippen LogP) is 1.81. The van der Waals surface area contributed by atoms with Gasteiger partial charge in [-0.15, -0.1) is 0 Å². The minimum absolute atomic E-state index is 1.66. The maximum absolute atomic E-state index is 12.0. The van der Waals surface area contributed by atoms with Crippen molar-refractivity contribution in [2.24, 2.45) is 0 Å². The van der Waals surface area contributed by atoms with E-state index in [1.165, 1.54) is 0 Å². The van der Waals surface area contributed by atoms with Gasteiger partial charge in [-0.05, 0) is 0 Å². The SMILES string of the molecule is O=P(O)(O)COC(F)=C(F)C(F)(F)F. The van der Waals surface area contributed by atoms with Crippen molar-refractivity contribution in [1.29, 1.82) is 0 Å². The Hall–Kier alpha value is -0.660. The fraction of sp³-hybridized carbons (Fsp3) is 0.500. The van der Waals surface area contributed by atoms with E-state index in [1.54, 1.807) is 0 Å². The van der Waals surface area contributed by atoms with Gasteiger partial charge in [-0.1, -0.05) is 0 Å². The van der Waals surface area contributed by atoms with Crippen LogP contribution in [0.25, 0.3) is 0 Å². The van der Waals surface area contributed by atoms with Gasteiger partial charge in [-0.3, -0.25) is 4.57 Å². The highest BCUT2D eigenvalue weighted by molar-refractivity contribution is 7.51. The Balaban J connectivity index is 4.48. The molecule has 0 atom stereocenters. The second-order valence-electron chi connectivity index (χ2n) is 2.02. The van der Waals surface area contributed by atoms with E-state index in [1.807, 2.05) is 0 Å². The van der Waals surface area contributed by atoms with Crippen molar-refractivity contribution in [1.82, 2.24) is 0 Å². The van der Waals surface area contributed by atoms with Gasteiger partial charge in [0, 0.05) is 0 Å². The maximum atomic E-state index is 12.0. The molecule has 0 aromatic rings. The number of ether oxygens (including phenoxy) is 1. The lowest BCUT2D eigenvalue weighted by Gasteiger charge is -2.07. The highest BCUT2D eigenvalue weighted by atomic mass is 31.2. The average Bonchev–Trinajstić information content (AvgIpc) is 1.95. The van der Waals surface area contributed by atoms with E-state index in [0.717, 1.165) is 0 Å². The molecule has 0 aliphatic heterocycles. The lowest BCUT2D eigenvalue weighted by molar-refractivity contribution is -0.116. The molecule has 4 nitrogen and oxygen atoms in total. The third-order valence-electron chi connectivity index (χ3n) is 0.781. The number of alkyl halides is 3. The highest BCUT2D eigenvalue weighted by Crippen LogP contribution is 2.37. The Bertz CT molecular complexity index is 278. The van der Waals surface area contributed by atoms with Crippen LogP contribution in [0, 0.1) is 0 Å². The van der Waals surface area contributed by atoms with Gasteiger partial charge in [0.1, 0.15) is 0 Å². The summed E-state index contributed by atoms with van der Waals surface area (Å²) in [6.07, 6.45) is -7.25. The summed E-state index contributed by atoms with van der Waals surface area (Å²) < 4.78 is 71.3. The third kappa shape index (κ3) is 5.15. The van der Waals surface area contributed by atoms with Gasteiger partial charge in [0.25, 0.3) is 5.83 Å². The quantitative estimate of drug-likeness (QED) is 0.450. The average molecular weight is 242 g/mol. The number of halogens is 5. The fourth-order valence-electron chi connectivity index (χ4n) is 0.316. The summed E-state index contributed by atoms with van der Waals surface area (Å²) in [4.78, 5) is 16.1. The number of hydrogen-bond donors (Lipinski definition) is 2. The molecule has 0 spiro atoms. The standard InChI is InChI=1S/C4H4F5O4P/c5-2(4(7,8)9)3(6)13-1-14(10,11)12/h1H2,(H2,10,11,12). The van der Waals surface area contributed by atoms with E-state index in [-0.39, 0.29) is 0 Å². The normalized spacial score (nSPS) is 15.1. The second kappa shape index (κ2) is 4.24. The molecular weight excluding hydrogens is 238 g/mol. The molecule has 0 aromatic heterocycles. The molecule has 0 heterocycles. The van der Waals surface area contributed by atoms with Crippen LogP contribution < -0.4 is 0 Å². The summed E-state index contributed by atoms with van der Waals surface area (Å²) >= 11 is 0. The van der Waals surface area contributed by atoms with Gasteiger partial charge in [0.05, 0.1) is 0 Å². The first-order valence-corrected chi connectivity index (χ1v) is 4.63. The van der Waals surface area contributed by atoms with Crippen molar-refractivity contribution in [3.8, 4) is 0 Å². The molecule has 0 radical (unpaired) electrons. The summed E-state index contributed by atoms with van der Waals surface area (Å²) in [5, 5.41) is 0. The van der Waals surface area contributed by atoms with E-state index in [9.17, 15) is 26.5 Å². The largest absolute Gasteiger partial charge is 0.456 e. The summed E-state index contributed by atoms with van der Waals surface area (Å²) in [5.74, 6) is -3.18. The van der Waals surface area contributed by atoms with Crippen molar-refractivity contribution in [3.63, 3.8) is 0 Å². The molecule has 10 heteroatoms. The molecule has 0 aliphatic rings. The molecule has 0 aromatic carbocycles. The summed E-state index contributed by atoms with van der Waals surface area (Å²) in [6.45, 7) is 0. The first-order chi connectivity index (χ1) is 6.04. The first kappa shape index (κ1) is 13.3. The molecule has 2 N–H and O–H groups in total. The Morgan fingerprint density at radius 1 is 1.29 bits per heavy atom. The van der Waals surface area contributed by atoms with Crippen LogP contribution in [-0.2, 0) is 9.30 Å². The topological polar surface area (TPSA) is 66.8 Å². The zero-order chi connectivity index (χ0) is 11.6. The van der Waals surface area contributed by atoms with Gasteiger partial charge in [-0.25, -0.2) is 0 Å². The van der Waals surface area contributed by atoms with E-state index >= 15 is 0 Å². The Morgan fingerprint density at radius 3 is 2.00 bits per heavy atom. The van der Waals surface area contributed by atoms with Crippen LogP contribution in [0.15, 0.2) is 11.8 Å². The first-order valence-electron chi connectivity index (χ1n) is 2.84. The number of hydrogen-bond acceptors (Lipinski definition) is 2. The molecule has 84 valence electrons. The molecular formula is C4H4F5O4P. The highest BCUT2D eigenvalue weighted by Gasteiger charge is 2.39. The monoisotopic (exact) mass is 242 g/mol. The molecule has 0 rings (SSSR count). The van der Waals surface area contributed by atoms with Crippen molar-refractivity contribution in [3.05, 3.63) is 11.8 Å². The van der Waals surface area contributed by atoms with Gasteiger partial charge in [-0.2, -0.15) is 22.0 Å². The molecule has 0 fully saturated rings. The minimum atomic E-state index is -5.58. The minimum Gasteiger partial charge on any atom is -0.456 e. The molecule has 14 heavy (non-hydrogen) atoms. The van der Waals surface area contributed by atoms with Gasteiger partial charge in [0.2, 0.25) is 0 Å². The van der Waals surface area contributed by atoms with E-state index in [2.05, 4.69) is 4.74 Å². The predicted molar refractivity (Wildman–Crippen MR) is 33.3 cm³/mol. The van der Waals surface area contributed by atoms with Gasteiger partial charge in [0.15, 0.2) is 6.35 Å². The lowest BCUT2D eigenvalue weighted by atomic mass is 10.5. The molecule has 0 saturated heterocycles. The van der Waals surface area contributed by atoms with Crippen molar-refractivity contribution < 1.29 is 41.0 Å². The van der Waals surface area contributed by atoms with Crippen LogP contribution >= 0.6 is 7.60 Å². The van der Waals surface area contributed by atoms with E-state index < -0.39 is 32.0 Å². The molecule has 0 bridgehead atoms. The zero-order valence-electron chi connectivity index (χ0n) is 6.26. The molecule has 0 aliphatic carbocycles. The fourth-order valence-corrected chi connectivity index (χ4v) is 0.597. The lowest BCUT2D eigenvalue weighted by Crippen LogP contribution is -2.11. The Morgan fingerprint density at radius 2 is 1.71 bits per heavy atom. The number of rotatable bonds is 3. The summed E-state index contributed by atoms with van der Waals surface area (Å²) in [7, 11) is -4.84. The zero-order valence-corrected chi connectivity index (χ0v) is 7.15. The van der Waals surface area contributed by atoms with Crippen molar-refractivity contribution in [2.75, 3.05) is 6.35 Å². The van der Waals surface area contributed by atoms with Crippen LogP contribution in [0.3, 0.4) is 0 Å². The maximum Gasteiger partial charge on any atom is 0.449 e. The molecule has 0 saturated carbocycles. The Labute approximate surface area is 74.1 Å². The van der Waals surface area contributed by atoms with Crippen molar-refractivity contribution >= 4 is 7.60 Å². The molecule has 0 amide bonds. The number of allylic oxidation sites excluding steroid dienone is 1. The van der Waals surface area contributed by atoms with Gasteiger partial charge < -0.3 is 14.5 Å². The smallest absolute Gasteiger partial charge is 0.449 e.